The quantitative estimate of drug-likeness (QED) is 0.517. The van der Waals surface area contributed by atoms with E-state index in [0.717, 1.165) is 5.56 Å². The summed E-state index contributed by atoms with van der Waals surface area (Å²) in [6, 6.07) is 11.8. The Bertz CT molecular complexity index is 875. The van der Waals surface area contributed by atoms with Gasteiger partial charge in [0.05, 0.1) is 4.91 Å². The van der Waals surface area contributed by atoms with Crippen molar-refractivity contribution in [2.75, 3.05) is 6.54 Å². The molecule has 134 valence electrons. The van der Waals surface area contributed by atoms with Crippen LogP contribution in [0.2, 0.25) is 5.15 Å². The summed E-state index contributed by atoms with van der Waals surface area (Å²) in [6.07, 6.45) is 3.52. The molecule has 0 aliphatic carbocycles. The molecule has 1 aromatic carbocycles. The Morgan fingerprint density at radius 3 is 2.62 bits per heavy atom. The number of nitrogens with zero attached hydrogens (tertiary/aromatic N) is 3. The minimum absolute atomic E-state index is 0.0378. The van der Waals surface area contributed by atoms with Gasteiger partial charge < -0.3 is 0 Å². The molecule has 2 aromatic rings. The number of carbonyl (C=O) groups is 1. The zero-order valence-electron chi connectivity index (χ0n) is 14.9. The van der Waals surface area contributed by atoms with Crippen LogP contribution in [0.4, 0.5) is 5.69 Å². The monoisotopic (exact) mass is 385 g/mol. The van der Waals surface area contributed by atoms with Crippen molar-refractivity contribution >= 4 is 46.2 Å². The van der Waals surface area contributed by atoms with E-state index >= 15 is 0 Å². The van der Waals surface area contributed by atoms with Crippen molar-refractivity contribution in [3.63, 3.8) is 0 Å². The number of rotatable bonds is 4. The minimum atomic E-state index is -0.0378. The summed E-state index contributed by atoms with van der Waals surface area (Å²) in [5.74, 6) is 0.446. The van der Waals surface area contributed by atoms with Gasteiger partial charge in [0.2, 0.25) is 0 Å². The van der Waals surface area contributed by atoms with Crippen LogP contribution in [0.1, 0.15) is 37.8 Å². The fourth-order valence-electron chi connectivity index (χ4n) is 2.56. The molecule has 0 radical (unpaired) electrons. The lowest BCUT2D eigenvalue weighted by Gasteiger charge is -2.12. The van der Waals surface area contributed by atoms with E-state index < -0.39 is 0 Å². The van der Waals surface area contributed by atoms with Gasteiger partial charge in [-0.3, -0.25) is 9.69 Å². The maximum atomic E-state index is 12.7. The van der Waals surface area contributed by atoms with Crippen molar-refractivity contribution in [1.82, 2.24) is 9.88 Å². The first-order chi connectivity index (χ1) is 12.5. The Labute approximate surface area is 163 Å². The maximum absolute atomic E-state index is 12.7. The maximum Gasteiger partial charge on any atom is 0.266 e. The second-order valence-corrected chi connectivity index (χ2v) is 7.56. The number of pyridine rings is 1. The number of hydrogen-bond donors (Lipinski definition) is 0. The Morgan fingerprint density at radius 2 is 2.00 bits per heavy atom. The number of aliphatic imine (C=N–C) groups is 1. The van der Waals surface area contributed by atoms with E-state index in [1.807, 2.05) is 25.1 Å². The molecule has 0 bridgehead atoms. The first-order valence-electron chi connectivity index (χ1n) is 8.50. The van der Waals surface area contributed by atoms with Crippen LogP contribution >= 0.6 is 23.4 Å². The Morgan fingerprint density at radius 1 is 1.27 bits per heavy atom. The largest absolute Gasteiger partial charge is 0.287 e. The first kappa shape index (κ1) is 18.7. The normalized spacial score (nSPS) is 17.7. The minimum Gasteiger partial charge on any atom is -0.287 e. The van der Waals surface area contributed by atoms with Gasteiger partial charge in [0.25, 0.3) is 5.91 Å². The van der Waals surface area contributed by atoms with E-state index in [0.29, 0.717) is 33.4 Å². The number of likely N-dealkylation sites (N-methyl/N-ethyl adjacent to an activating group) is 1. The highest BCUT2D eigenvalue weighted by molar-refractivity contribution is 8.18. The molecule has 3 rings (SSSR count). The van der Waals surface area contributed by atoms with Crippen LogP contribution in [0.3, 0.4) is 0 Å². The summed E-state index contributed by atoms with van der Waals surface area (Å²) in [7, 11) is 0. The summed E-state index contributed by atoms with van der Waals surface area (Å²) >= 11 is 7.45. The number of halogens is 1. The summed E-state index contributed by atoms with van der Waals surface area (Å²) in [5.41, 5.74) is 2.84. The van der Waals surface area contributed by atoms with Gasteiger partial charge >= 0.3 is 0 Å². The lowest BCUT2D eigenvalue weighted by atomic mass is 10.0. The van der Waals surface area contributed by atoms with E-state index in [1.165, 1.54) is 17.3 Å². The summed E-state index contributed by atoms with van der Waals surface area (Å²) in [6.45, 7) is 6.80. The summed E-state index contributed by atoms with van der Waals surface area (Å²) < 4.78 is 0. The third kappa shape index (κ3) is 4.00. The van der Waals surface area contributed by atoms with Crippen LogP contribution < -0.4 is 0 Å². The van der Waals surface area contributed by atoms with E-state index in [4.69, 9.17) is 11.6 Å². The fourth-order valence-corrected chi connectivity index (χ4v) is 3.78. The van der Waals surface area contributed by atoms with Crippen LogP contribution in [0, 0.1) is 0 Å². The van der Waals surface area contributed by atoms with Crippen molar-refractivity contribution in [3.05, 3.63) is 63.8 Å². The highest BCUT2D eigenvalue weighted by atomic mass is 35.5. The zero-order valence-corrected chi connectivity index (χ0v) is 16.5. The molecular formula is C20H20ClN3OS. The van der Waals surface area contributed by atoms with Gasteiger partial charge in [0.1, 0.15) is 5.69 Å². The molecule has 4 nitrogen and oxygen atoms in total. The smallest absolute Gasteiger partial charge is 0.266 e. The SMILES string of the molecule is CCN1C(=O)/C(=C/c2ccc(C(C)C)cc2)SC1=Nc1cccnc1Cl. The van der Waals surface area contributed by atoms with Crippen LogP contribution in [-0.4, -0.2) is 27.5 Å². The molecule has 6 heteroatoms. The second kappa shape index (κ2) is 8.06. The molecule has 0 unspecified atom stereocenters. The fraction of sp³-hybridized carbons (Fsp3) is 0.250. The van der Waals surface area contributed by atoms with Crippen LogP contribution in [0.15, 0.2) is 52.5 Å². The molecule has 0 spiro atoms. The summed E-state index contributed by atoms with van der Waals surface area (Å²) in [4.78, 5) is 23.6. The van der Waals surface area contributed by atoms with E-state index in [9.17, 15) is 4.79 Å². The third-order valence-electron chi connectivity index (χ3n) is 4.06. The molecule has 0 saturated carbocycles. The number of hydrogen-bond acceptors (Lipinski definition) is 4. The van der Waals surface area contributed by atoms with E-state index in [-0.39, 0.29) is 5.91 Å². The number of carbonyl (C=O) groups excluding carboxylic acids is 1. The molecule has 0 atom stereocenters. The van der Waals surface area contributed by atoms with E-state index in [1.54, 1.807) is 23.2 Å². The Hall–Kier alpha value is -2.11. The van der Waals surface area contributed by atoms with Crippen molar-refractivity contribution < 1.29 is 4.79 Å². The third-order valence-corrected chi connectivity index (χ3v) is 5.36. The number of amidine groups is 1. The van der Waals surface area contributed by atoms with Gasteiger partial charge in [-0.05, 0) is 53.9 Å². The molecule has 2 heterocycles. The average Bonchev–Trinajstić information content (AvgIpc) is 2.92. The van der Waals surface area contributed by atoms with E-state index in [2.05, 4.69) is 36.0 Å². The topological polar surface area (TPSA) is 45.6 Å². The van der Waals surface area contributed by atoms with Crippen molar-refractivity contribution in [3.8, 4) is 0 Å². The Balaban J connectivity index is 1.90. The highest BCUT2D eigenvalue weighted by Crippen LogP contribution is 2.35. The van der Waals surface area contributed by atoms with Crippen molar-refractivity contribution in [1.29, 1.82) is 0 Å². The molecule has 0 N–H and O–H groups in total. The predicted octanol–water partition coefficient (Wildman–Crippen LogP) is 5.48. The molecule has 1 saturated heterocycles. The number of benzene rings is 1. The van der Waals surface area contributed by atoms with Crippen LogP contribution in [0.25, 0.3) is 6.08 Å². The van der Waals surface area contributed by atoms with Crippen LogP contribution in [-0.2, 0) is 4.79 Å². The predicted molar refractivity (Wildman–Crippen MR) is 110 cm³/mol. The van der Waals surface area contributed by atoms with Gasteiger partial charge in [0.15, 0.2) is 10.3 Å². The first-order valence-corrected chi connectivity index (χ1v) is 9.69. The summed E-state index contributed by atoms with van der Waals surface area (Å²) in [5, 5.41) is 0.947. The highest BCUT2D eigenvalue weighted by Gasteiger charge is 2.32. The second-order valence-electron chi connectivity index (χ2n) is 6.19. The van der Waals surface area contributed by atoms with Gasteiger partial charge in [-0.2, -0.15) is 0 Å². The molecule has 1 fully saturated rings. The zero-order chi connectivity index (χ0) is 18.7. The van der Waals surface area contributed by atoms with Gasteiger partial charge in [-0.25, -0.2) is 9.98 Å². The molecular weight excluding hydrogens is 366 g/mol. The molecule has 26 heavy (non-hydrogen) atoms. The molecule has 1 aromatic heterocycles. The van der Waals surface area contributed by atoms with Crippen molar-refractivity contribution in [2.24, 2.45) is 4.99 Å². The van der Waals surface area contributed by atoms with Gasteiger partial charge in [-0.15, -0.1) is 0 Å². The lowest BCUT2D eigenvalue weighted by Crippen LogP contribution is -2.28. The van der Waals surface area contributed by atoms with Crippen molar-refractivity contribution in [2.45, 2.75) is 26.7 Å². The molecule has 1 aliphatic rings. The standard InChI is InChI=1S/C20H20ClN3OS/c1-4-24-19(25)17(12-14-7-9-15(10-8-14)13(2)3)26-20(24)23-16-6-5-11-22-18(16)21/h5-13H,4H2,1-3H3/b17-12-,23-20?. The Kier molecular flexibility index (Phi) is 5.79. The molecule has 1 aliphatic heterocycles. The average molecular weight is 386 g/mol. The number of amides is 1. The lowest BCUT2D eigenvalue weighted by molar-refractivity contribution is -0.122. The molecule has 1 amide bonds. The number of aromatic nitrogens is 1. The van der Waals surface area contributed by atoms with Gasteiger partial charge in [0, 0.05) is 12.7 Å². The van der Waals surface area contributed by atoms with Crippen LogP contribution in [0.5, 0.6) is 0 Å². The number of thioether (sulfide) groups is 1. The van der Waals surface area contributed by atoms with Gasteiger partial charge in [-0.1, -0.05) is 49.7 Å².